The van der Waals surface area contributed by atoms with Gasteiger partial charge in [0.15, 0.2) is 0 Å². The summed E-state index contributed by atoms with van der Waals surface area (Å²) in [4.78, 5) is 0. The van der Waals surface area contributed by atoms with E-state index >= 15 is 0 Å². The van der Waals surface area contributed by atoms with Gasteiger partial charge >= 0.3 is 0 Å². The van der Waals surface area contributed by atoms with E-state index in [1.807, 2.05) is 42.5 Å². The van der Waals surface area contributed by atoms with Crippen LogP contribution in [0.4, 0.5) is 10.2 Å². The first-order chi connectivity index (χ1) is 12.8. The van der Waals surface area contributed by atoms with Gasteiger partial charge in [0, 0.05) is 11.1 Å². The largest absolute Gasteiger partial charge is 0.362 e. The van der Waals surface area contributed by atoms with Crippen LogP contribution in [0.1, 0.15) is 5.01 Å². The van der Waals surface area contributed by atoms with Gasteiger partial charge in [0.05, 0.1) is 12.2 Å². The Hall–Kier alpha value is -3.19. The Morgan fingerprint density at radius 2 is 1.58 bits per heavy atom. The van der Waals surface area contributed by atoms with Crippen LogP contribution in [0.2, 0.25) is 0 Å². The summed E-state index contributed by atoms with van der Waals surface area (Å²) in [5.41, 5.74) is 2.57. The van der Waals surface area contributed by atoms with E-state index in [0.29, 0.717) is 18.1 Å². The number of nitrogens with zero attached hydrogens (tertiary/aromatic N) is 4. The third-order valence-corrected chi connectivity index (χ3v) is 4.69. The summed E-state index contributed by atoms with van der Waals surface area (Å²) in [5.74, 6) is 0.374. The van der Waals surface area contributed by atoms with Crippen molar-refractivity contribution in [1.82, 2.24) is 20.4 Å². The van der Waals surface area contributed by atoms with E-state index in [0.717, 1.165) is 21.1 Å². The molecule has 2 aromatic carbocycles. The standard InChI is InChI=1S/C19H14FN5S/c20-15-8-6-13(7-9-15)16-10-11-17(23-22-16)21-12-18-24-25-19(26-18)14-4-2-1-3-5-14/h1-11H,12H2,(H,21,23). The Balaban J connectivity index is 1.41. The second-order valence-electron chi connectivity index (χ2n) is 5.53. The van der Waals surface area contributed by atoms with Crippen LogP contribution in [-0.4, -0.2) is 20.4 Å². The van der Waals surface area contributed by atoms with Crippen molar-refractivity contribution in [3.63, 3.8) is 0 Å². The molecule has 128 valence electrons. The minimum atomic E-state index is -0.271. The molecule has 0 aliphatic carbocycles. The van der Waals surface area contributed by atoms with E-state index in [-0.39, 0.29) is 5.82 Å². The second-order valence-corrected chi connectivity index (χ2v) is 6.59. The fraction of sp³-hybridized carbons (Fsp3) is 0.0526. The normalized spacial score (nSPS) is 10.7. The van der Waals surface area contributed by atoms with Crippen molar-refractivity contribution in [1.29, 1.82) is 0 Å². The summed E-state index contributed by atoms with van der Waals surface area (Å²) in [6, 6.07) is 19.8. The van der Waals surface area contributed by atoms with Crippen LogP contribution < -0.4 is 5.32 Å². The smallest absolute Gasteiger partial charge is 0.149 e. The maximum Gasteiger partial charge on any atom is 0.149 e. The van der Waals surface area contributed by atoms with Gasteiger partial charge in [-0.25, -0.2) is 4.39 Å². The highest BCUT2D eigenvalue weighted by molar-refractivity contribution is 7.14. The Morgan fingerprint density at radius 3 is 2.31 bits per heavy atom. The van der Waals surface area contributed by atoms with Crippen LogP contribution >= 0.6 is 11.3 Å². The number of aromatic nitrogens is 4. The minimum Gasteiger partial charge on any atom is -0.362 e. The molecule has 4 rings (SSSR count). The van der Waals surface area contributed by atoms with Crippen molar-refractivity contribution in [2.75, 3.05) is 5.32 Å². The van der Waals surface area contributed by atoms with E-state index < -0.39 is 0 Å². The van der Waals surface area contributed by atoms with Gasteiger partial charge in [-0.15, -0.1) is 20.4 Å². The molecule has 0 saturated heterocycles. The summed E-state index contributed by atoms with van der Waals surface area (Å²) in [6.07, 6.45) is 0. The highest BCUT2D eigenvalue weighted by Crippen LogP contribution is 2.23. The van der Waals surface area contributed by atoms with E-state index in [1.54, 1.807) is 12.1 Å². The molecule has 0 aliphatic rings. The number of nitrogens with one attached hydrogen (secondary N) is 1. The molecule has 0 bridgehead atoms. The Morgan fingerprint density at radius 1 is 0.769 bits per heavy atom. The van der Waals surface area contributed by atoms with E-state index in [9.17, 15) is 4.39 Å². The second kappa shape index (κ2) is 7.37. The van der Waals surface area contributed by atoms with Crippen LogP contribution in [0, 0.1) is 5.82 Å². The molecule has 0 unspecified atom stereocenters. The van der Waals surface area contributed by atoms with Crippen molar-refractivity contribution in [2.24, 2.45) is 0 Å². The molecular weight excluding hydrogens is 349 g/mol. The predicted molar refractivity (Wildman–Crippen MR) is 100 cm³/mol. The molecule has 1 N–H and O–H groups in total. The van der Waals surface area contributed by atoms with Crippen molar-refractivity contribution >= 4 is 17.2 Å². The molecule has 5 nitrogen and oxygen atoms in total. The van der Waals surface area contributed by atoms with Crippen molar-refractivity contribution in [3.8, 4) is 21.8 Å². The van der Waals surface area contributed by atoms with Crippen LogP contribution in [0.15, 0.2) is 66.7 Å². The van der Waals surface area contributed by atoms with Gasteiger partial charge in [-0.05, 0) is 36.4 Å². The number of hydrogen-bond donors (Lipinski definition) is 1. The molecule has 4 aromatic rings. The number of anilines is 1. The molecular formula is C19H14FN5S. The maximum absolute atomic E-state index is 13.0. The van der Waals surface area contributed by atoms with Crippen LogP contribution in [0.3, 0.4) is 0 Å². The van der Waals surface area contributed by atoms with Gasteiger partial charge in [-0.3, -0.25) is 0 Å². The van der Waals surface area contributed by atoms with Gasteiger partial charge in [0.1, 0.15) is 21.7 Å². The summed E-state index contributed by atoms with van der Waals surface area (Å²) < 4.78 is 13.0. The summed E-state index contributed by atoms with van der Waals surface area (Å²) in [7, 11) is 0. The van der Waals surface area contributed by atoms with Crippen molar-refractivity contribution in [2.45, 2.75) is 6.54 Å². The molecule has 2 heterocycles. The minimum absolute atomic E-state index is 0.271. The zero-order valence-electron chi connectivity index (χ0n) is 13.6. The highest BCUT2D eigenvalue weighted by Gasteiger charge is 2.07. The maximum atomic E-state index is 13.0. The molecule has 0 radical (unpaired) electrons. The van der Waals surface area contributed by atoms with E-state index in [2.05, 4.69) is 25.7 Å². The fourth-order valence-corrected chi connectivity index (χ4v) is 3.17. The molecule has 0 amide bonds. The lowest BCUT2D eigenvalue weighted by molar-refractivity contribution is 0.628. The number of rotatable bonds is 5. The fourth-order valence-electron chi connectivity index (χ4n) is 2.39. The molecule has 0 saturated carbocycles. The first kappa shape index (κ1) is 16.3. The predicted octanol–water partition coefficient (Wildman–Crippen LogP) is 4.41. The summed E-state index contributed by atoms with van der Waals surface area (Å²) in [6.45, 7) is 0.523. The first-order valence-corrected chi connectivity index (χ1v) is 8.81. The van der Waals surface area contributed by atoms with E-state index in [4.69, 9.17) is 0 Å². The average molecular weight is 363 g/mol. The molecule has 26 heavy (non-hydrogen) atoms. The van der Waals surface area contributed by atoms with Crippen LogP contribution in [0.5, 0.6) is 0 Å². The highest BCUT2D eigenvalue weighted by atomic mass is 32.1. The van der Waals surface area contributed by atoms with Gasteiger partial charge in [0.2, 0.25) is 0 Å². The summed E-state index contributed by atoms with van der Waals surface area (Å²) in [5, 5.41) is 21.7. The third kappa shape index (κ3) is 3.73. The van der Waals surface area contributed by atoms with Gasteiger partial charge in [0.25, 0.3) is 0 Å². The molecule has 7 heteroatoms. The van der Waals surface area contributed by atoms with Crippen molar-refractivity contribution in [3.05, 3.63) is 77.6 Å². The first-order valence-electron chi connectivity index (χ1n) is 7.99. The SMILES string of the molecule is Fc1ccc(-c2ccc(NCc3nnc(-c4ccccc4)s3)nn2)cc1. The van der Waals surface area contributed by atoms with Crippen molar-refractivity contribution < 1.29 is 4.39 Å². The lowest BCUT2D eigenvalue weighted by Crippen LogP contribution is -2.02. The quantitative estimate of drug-likeness (QED) is 0.569. The topological polar surface area (TPSA) is 63.6 Å². The molecule has 0 fully saturated rings. The molecule has 0 aliphatic heterocycles. The number of benzene rings is 2. The lowest BCUT2D eigenvalue weighted by Gasteiger charge is -2.04. The third-order valence-electron chi connectivity index (χ3n) is 3.71. The Kier molecular flexibility index (Phi) is 4.61. The molecule has 0 spiro atoms. The van der Waals surface area contributed by atoms with Crippen LogP contribution in [0.25, 0.3) is 21.8 Å². The molecule has 2 aromatic heterocycles. The van der Waals surface area contributed by atoms with E-state index in [1.165, 1.54) is 23.5 Å². The number of hydrogen-bond acceptors (Lipinski definition) is 6. The Bertz CT molecular complexity index is 985. The van der Waals surface area contributed by atoms with Gasteiger partial charge in [-0.1, -0.05) is 41.7 Å². The Labute approximate surface area is 153 Å². The lowest BCUT2D eigenvalue weighted by atomic mass is 10.1. The van der Waals surface area contributed by atoms with Gasteiger partial charge in [-0.2, -0.15) is 0 Å². The van der Waals surface area contributed by atoms with Gasteiger partial charge < -0.3 is 5.32 Å². The summed E-state index contributed by atoms with van der Waals surface area (Å²) >= 11 is 1.54. The zero-order valence-corrected chi connectivity index (χ0v) is 14.4. The monoisotopic (exact) mass is 363 g/mol. The molecule has 0 atom stereocenters. The zero-order chi connectivity index (χ0) is 17.8. The average Bonchev–Trinajstić information content (AvgIpc) is 3.17. The van der Waals surface area contributed by atoms with Crippen LogP contribution in [-0.2, 0) is 6.54 Å². The number of halogens is 1.